The van der Waals surface area contributed by atoms with Gasteiger partial charge in [0.15, 0.2) is 0 Å². The molecule has 0 aliphatic carbocycles. The van der Waals surface area contributed by atoms with Crippen LogP contribution in [0.3, 0.4) is 0 Å². The third-order valence-electron chi connectivity index (χ3n) is 3.29. The normalized spacial score (nSPS) is 13.9. The van der Waals surface area contributed by atoms with E-state index in [1.165, 1.54) is 23.4 Å². The van der Waals surface area contributed by atoms with Crippen LogP contribution in [0.25, 0.3) is 11.1 Å². The summed E-state index contributed by atoms with van der Waals surface area (Å²) in [5.74, 6) is -0.302. The molecule has 92 valence electrons. The molecule has 0 saturated carbocycles. The molecule has 0 aromatic heterocycles. The molecule has 18 heavy (non-hydrogen) atoms. The fourth-order valence-corrected chi connectivity index (χ4v) is 2.64. The van der Waals surface area contributed by atoms with Gasteiger partial charge < -0.3 is 5.32 Å². The van der Waals surface area contributed by atoms with Crippen LogP contribution in [0.5, 0.6) is 0 Å². The van der Waals surface area contributed by atoms with Gasteiger partial charge >= 0.3 is 0 Å². The molecule has 3 rings (SSSR count). The smallest absolute Gasteiger partial charge is 0.124 e. The van der Waals surface area contributed by atoms with Crippen molar-refractivity contribution in [2.24, 2.45) is 0 Å². The summed E-state index contributed by atoms with van der Waals surface area (Å²) in [6.45, 7) is 1.03. The Balaban J connectivity index is 2.06. The van der Waals surface area contributed by atoms with Gasteiger partial charge in [0.2, 0.25) is 0 Å². The SMILES string of the molecule is Fc1ccc(-c2ccc3c(c2)CCCN3)c(Cl)c1. The predicted octanol–water partition coefficient (Wildman–Crippen LogP) is 4.50. The maximum atomic E-state index is 13.0. The number of aryl methyl sites for hydroxylation is 1. The van der Waals surface area contributed by atoms with E-state index in [1.54, 1.807) is 6.07 Å². The van der Waals surface area contributed by atoms with E-state index in [0.29, 0.717) is 5.02 Å². The number of halogens is 2. The third-order valence-corrected chi connectivity index (χ3v) is 3.60. The van der Waals surface area contributed by atoms with E-state index in [4.69, 9.17) is 11.6 Å². The lowest BCUT2D eigenvalue weighted by Crippen LogP contribution is -2.11. The largest absolute Gasteiger partial charge is 0.385 e. The molecule has 1 N–H and O–H groups in total. The zero-order valence-corrected chi connectivity index (χ0v) is 10.6. The monoisotopic (exact) mass is 261 g/mol. The molecular weight excluding hydrogens is 249 g/mol. The second-order valence-electron chi connectivity index (χ2n) is 4.53. The van der Waals surface area contributed by atoms with Crippen molar-refractivity contribution in [3.8, 4) is 11.1 Å². The highest BCUT2D eigenvalue weighted by atomic mass is 35.5. The van der Waals surface area contributed by atoms with Crippen molar-refractivity contribution >= 4 is 17.3 Å². The molecule has 0 amide bonds. The molecule has 1 nitrogen and oxygen atoms in total. The van der Waals surface area contributed by atoms with Gasteiger partial charge in [-0.3, -0.25) is 0 Å². The van der Waals surface area contributed by atoms with Crippen LogP contribution in [0.1, 0.15) is 12.0 Å². The predicted molar refractivity (Wildman–Crippen MR) is 73.7 cm³/mol. The first-order chi connectivity index (χ1) is 8.74. The number of rotatable bonds is 1. The maximum Gasteiger partial charge on any atom is 0.124 e. The lowest BCUT2D eigenvalue weighted by molar-refractivity contribution is 0.628. The lowest BCUT2D eigenvalue weighted by atomic mass is 9.97. The van der Waals surface area contributed by atoms with E-state index in [-0.39, 0.29) is 5.82 Å². The van der Waals surface area contributed by atoms with Gasteiger partial charge in [-0.2, -0.15) is 0 Å². The molecule has 1 aliphatic heterocycles. The number of anilines is 1. The van der Waals surface area contributed by atoms with Crippen molar-refractivity contribution in [3.63, 3.8) is 0 Å². The van der Waals surface area contributed by atoms with Crippen LogP contribution in [0, 0.1) is 5.82 Å². The highest BCUT2D eigenvalue weighted by molar-refractivity contribution is 6.33. The Morgan fingerprint density at radius 2 is 2.00 bits per heavy atom. The number of nitrogens with one attached hydrogen (secondary N) is 1. The van der Waals surface area contributed by atoms with Gasteiger partial charge in [-0.1, -0.05) is 17.7 Å². The van der Waals surface area contributed by atoms with E-state index < -0.39 is 0 Å². The first-order valence-corrected chi connectivity index (χ1v) is 6.44. The highest BCUT2D eigenvalue weighted by Crippen LogP contribution is 2.32. The Bertz CT molecular complexity index is 595. The van der Waals surface area contributed by atoms with E-state index in [0.717, 1.165) is 30.5 Å². The second kappa shape index (κ2) is 4.62. The van der Waals surface area contributed by atoms with Crippen LogP contribution < -0.4 is 5.32 Å². The van der Waals surface area contributed by atoms with Crippen LogP contribution >= 0.6 is 11.6 Å². The minimum atomic E-state index is -0.302. The molecule has 0 radical (unpaired) electrons. The van der Waals surface area contributed by atoms with Crippen molar-refractivity contribution in [2.45, 2.75) is 12.8 Å². The van der Waals surface area contributed by atoms with Crippen molar-refractivity contribution < 1.29 is 4.39 Å². The summed E-state index contributed by atoms with van der Waals surface area (Å²) in [5, 5.41) is 3.83. The molecule has 0 unspecified atom stereocenters. The molecule has 0 spiro atoms. The Morgan fingerprint density at radius 3 is 2.83 bits per heavy atom. The summed E-state index contributed by atoms with van der Waals surface area (Å²) in [5.41, 5.74) is 4.43. The minimum absolute atomic E-state index is 0.302. The van der Waals surface area contributed by atoms with Crippen molar-refractivity contribution in [2.75, 3.05) is 11.9 Å². The second-order valence-corrected chi connectivity index (χ2v) is 4.93. The Kier molecular flexibility index (Phi) is 2.96. The Hall–Kier alpha value is -1.54. The molecular formula is C15H13ClFN. The van der Waals surface area contributed by atoms with Crippen molar-refractivity contribution in [1.82, 2.24) is 0 Å². The van der Waals surface area contributed by atoms with E-state index >= 15 is 0 Å². The van der Waals surface area contributed by atoms with E-state index in [2.05, 4.69) is 17.4 Å². The Labute approximate surface area is 111 Å². The summed E-state index contributed by atoms with van der Waals surface area (Å²) < 4.78 is 13.0. The maximum absolute atomic E-state index is 13.0. The zero-order chi connectivity index (χ0) is 12.5. The molecule has 0 fully saturated rings. The number of hydrogen-bond acceptors (Lipinski definition) is 1. The average Bonchev–Trinajstić information content (AvgIpc) is 2.38. The summed E-state index contributed by atoms with van der Waals surface area (Å²) in [6.07, 6.45) is 2.22. The van der Waals surface area contributed by atoms with Crippen molar-refractivity contribution in [3.05, 3.63) is 52.8 Å². The molecule has 1 heterocycles. The molecule has 0 bridgehead atoms. The number of hydrogen-bond donors (Lipinski definition) is 1. The summed E-state index contributed by atoms with van der Waals surface area (Å²) in [4.78, 5) is 0. The molecule has 2 aromatic rings. The quantitative estimate of drug-likeness (QED) is 0.797. The van der Waals surface area contributed by atoms with Gasteiger partial charge in [0.25, 0.3) is 0 Å². The Morgan fingerprint density at radius 1 is 1.11 bits per heavy atom. The molecule has 0 saturated heterocycles. The molecule has 2 aromatic carbocycles. The fraction of sp³-hybridized carbons (Fsp3) is 0.200. The first-order valence-electron chi connectivity index (χ1n) is 6.06. The molecule has 0 atom stereocenters. The van der Waals surface area contributed by atoms with Crippen LogP contribution in [0.2, 0.25) is 5.02 Å². The van der Waals surface area contributed by atoms with Gasteiger partial charge in [0.1, 0.15) is 5.82 Å². The summed E-state index contributed by atoms with van der Waals surface area (Å²) in [7, 11) is 0. The van der Waals surface area contributed by atoms with Gasteiger partial charge in [-0.15, -0.1) is 0 Å². The van der Waals surface area contributed by atoms with Crippen LogP contribution in [-0.4, -0.2) is 6.54 Å². The van der Waals surface area contributed by atoms with E-state index in [9.17, 15) is 4.39 Å². The van der Waals surface area contributed by atoms with Gasteiger partial charge in [-0.25, -0.2) is 4.39 Å². The zero-order valence-electron chi connectivity index (χ0n) is 9.84. The highest BCUT2D eigenvalue weighted by Gasteiger charge is 2.11. The van der Waals surface area contributed by atoms with Crippen LogP contribution in [0.15, 0.2) is 36.4 Å². The lowest BCUT2D eigenvalue weighted by Gasteiger charge is -2.19. The molecule has 1 aliphatic rings. The standard InChI is InChI=1S/C15H13ClFN/c16-14-9-12(17)4-5-13(14)10-3-6-15-11(8-10)2-1-7-18-15/h3-6,8-9,18H,1-2,7H2. The third kappa shape index (κ3) is 2.08. The molecule has 3 heteroatoms. The van der Waals surface area contributed by atoms with Crippen LogP contribution in [0.4, 0.5) is 10.1 Å². The van der Waals surface area contributed by atoms with Crippen LogP contribution in [-0.2, 0) is 6.42 Å². The number of fused-ring (bicyclic) bond motifs is 1. The minimum Gasteiger partial charge on any atom is -0.385 e. The van der Waals surface area contributed by atoms with Crippen molar-refractivity contribution in [1.29, 1.82) is 0 Å². The van der Waals surface area contributed by atoms with Gasteiger partial charge in [-0.05, 0) is 54.3 Å². The first kappa shape index (κ1) is 11.5. The fourth-order valence-electron chi connectivity index (χ4n) is 2.37. The average molecular weight is 262 g/mol. The van der Waals surface area contributed by atoms with Gasteiger partial charge in [0.05, 0.1) is 5.02 Å². The van der Waals surface area contributed by atoms with Gasteiger partial charge in [0, 0.05) is 17.8 Å². The summed E-state index contributed by atoms with van der Waals surface area (Å²) >= 11 is 6.09. The summed E-state index contributed by atoms with van der Waals surface area (Å²) in [6, 6.07) is 10.8. The topological polar surface area (TPSA) is 12.0 Å². The van der Waals surface area contributed by atoms with E-state index in [1.807, 2.05) is 6.07 Å². The number of benzene rings is 2.